The molecule has 2 aromatic rings. The molecule has 4 N–H and O–H groups in total. The first-order chi connectivity index (χ1) is 10.6. The third-order valence-corrected chi connectivity index (χ3v) is 3.02. The summed E-state index contributed by atoms with van der Waals surface area (Å²) >= 11 is 0. The minimum absolute atomic E-state index is 0.0342. The second-order valence-electron chi connectivity index (χ2n) is 4.54. The number of guanidine groups is 1. The molecule has 0 saturated carbocycles. The van der Waals surface area contributed by atoms with Crippen LogP contribution in [0, 0.1) is 0 Å². The quantitative estimate of drug-likeness (QED) is 0.582. The largest absolute Gasteiger partial charge is 0.502 e. The van der Waals surface area contributed by atoms with E-state index < -0.39 is 0 Å². The minimum atomic E-state index is -0.0342. The van der Waals surface area contributed by atoms with E-state index in [2.05, 4.69) is 10.3 Å². The Morgan fingerprint density at radius 2 is 1.73 bits per heavy atom. The summed E-state index contributed by atoms with van der Waals surface area (Å²) in [6, 6.07) is 12.9. The number of nitrogens with zero attached hydrogens (tertiary/aromatic N) is 1. The van der Waals surface area contributed by atoms with Crippen LogP contribution < -0.4 is 20.5 Å². The fraction of sp³-hybridized carbons (Fsp3) is 0.188. The van der Waals surface area contributed by atoms with E-state index in [0.29, 0.717) is 24.0 Å². The van der Waals surface area contributed by atoms with Crippen LogP contribution in [0.5, 0.6) is 17.2 Å². The Balaban J connectivity index is 2.11. The van der Waals surface area contributed by atoms with Crippen molar-refractivity contribution in [2.75, 3.05) is 19.5 Å². The number of anilines is 1. The number of aromatic hydroxyl groups is 1. The van der Waals surface area contributed by atoms with Gasteiger partial charge in [-0.05, 0) is 29.8 Å². The Bertz CT molecular complexity index is 632. The number of ether oxygens (including phenoxy) is 2. The fourth-order valence-electron chi connectivity index (χ4n) is 1.92. The maximum Gasteiger partial charge on any atom is 0.200 e. The first-order valence-electron chi connectivity index (χ1n) is 6.70. The van der Waals surface area contributed by atoms with Gasteiger partial charge in [-0.15, -0.1) is 0 Å². The summed E-state index contributed by atoms with van der Waals surface area (Å²) in [7, 11) is 2.96. The average molecular weight is 301 g/mol. The molecule has 0 atom stereocenters. The van der Waals surface area contributed by atoms with Crippen molar-refractivity contribution in [1.82, 2.24) is 0 Å². The SMILES string of the molecule is COc1cc(CN=C(N)Nc2ccccc2)cc(OC)c1O. The van der Waals surface area contributed by atoms with E-state index in [1.165, 1.54) is 14.2 Å². The lowest BCUT2D eigenvalue weighted by Gasteiger charge is -2.10. The second kappa shape index (κ2) is 7.21. The van der Waals surface area contributed by atoms with Crippen molar-refractivity contribution in [3.63, 3.8) is 0 Å². The van der Waals surface area contributed by atoms with Gasteiger partial charge in [0, 0.05) is 5.69 Å². The molecule has 0 unspecified atom stereocenters. The molecule has 6 nitrogen and oxygen atoms in total. The molecule has 0 heterocycles. The zero-order valence-electron chi connectivity index (χ0n) is 12.5. The van der Waals surface area contributed by atoms with Gasteiger partial charge in [0.1, 0.15) is 0 Å². The molecule has 0 fully saturated rings. The lowest BCUT2D eigenvalue weighted by molar-refractivity contribution is 0.339. The van der Waals surface area contributed by atoms with Crippen molar-refractivity contribution in [2.45, 2.75) is 6.54 Å². The van der Waals surface area contributed by atoms with Crippen molar-refractivity contribution in [1.29, 1.82) is 0 Å². The number of methoxy groups -OCH3 is 2. The van der Waals surface area contributed by atoms with Gasteiger partial charge in [0.05, 0.1) is 20.8 Å². The molecule has 2 rings (SSSR count). The Morgan fingerprint density at radius 1 is 1.14 bits per heavy atom. The maximum absolute atomic E-state index is 9.86. The summed E-state index contributed by atoms with van der Waals surface area (Å²) in [6.45, 7) is 0.332. The van der Waals surface area contributed by atoms with E-state index in [4.69, 9.17) is 15.2 Å². The average Bonchev–Trinajstić information content (AvgIpc) is 2.54. The summed E-state index contributed by atoms with van der Waals surface area (Å²) in [5.41, 5.74) is 7.53. The molecule has 0 saturated heterocycles. The van der Waals surface area contributed by atoms with Crippen LogP contribution in [0.25, 0.3) is 0 Å². The van der Waals surface area contributed by atoms with Crippen LogP contribution in [-0.4, -0.2) is 25.3 Å². The first kappa shape index (κ1) is 15.5. The lowest BCUT2D eigenvalue weighted by Crippen LogP contribution is -2.22. The highest BCUT2D eigenvalue weighted by Gasteiger charge is 2.10. The number of benzene rings is 2. The molecule has 2 aromatic carbocycles. The highest BCUT2D eigenvalue weighted by molar-refractivity contribution is 5.92. The molecule has 0 radical (unpaired) electrons. The number of para-hydroxylation sites is 1. The van der Waals surface area contributed by atoms with Crippen LogP contribution in [0.15, 0.2) is 47.5 Å². The molecular weight excluding hydrogens is 282 g/mol. The molecule has 0 bridgehead atoms. The third-order valence-electron chi connectivity index (χ3n) is 3.02. The summed E-state index contributed by atoms with van der Waals surface area (Å²) in [4.78, 5) is 4.26. The highest BCUT2D eigenvalue weighted by atomic mass is 16.5. The van der Waals surface area contributed by atoms with Gasteiger partial charge in [-0.25, -0.2) is 4.99 Å². The number of hydrogen-bond donors (Lipinski definition) is 3. The van der Waals surface area contributed by atoms with E-state index in [-0.39, 0.29) is 5.75 Å². The Morgan fingerprint density at radius 3 is 2.27 bits per heavy atom. The molecule has 6 heteroatoms. The number of nitrogens with one attached hydrogen (secondary N) is 1. The van der Waals surface area contributed by atoms with Gasteiger partial charge in [0.2, 0.25) is 5.75 Å². The van der Waals surface area contributed by atoms with Gasteiger partial charge >= 0.3 is 0 Å². The van der Waals surface area contributed by atoms with Gasteiger partial charge < -0.3 is 25.6 Å². The topological polar surface area (TPSA) is 89.1 Å². The summed E-state index contributed by atoms with van der Waals surface area (Å²) in [6.07, 6.45) is 0. The van der Waals surface area contributed by atoms with Crippen molar-refractivity contribution in [3.05, 3.63) is 48.0 Å². The van der Waals surface area contributed by atoms with Gasteiger partial charge in [-0.2, -0.15) is 0 Å². The summed E-state index contributed by atoms with van der Waals surface area (Å²) in [5.74, 6) is 0.934. The van der Waals surface area contributed by atoms with Gasteiger partial charge in [-0.3, -0.25) is 0 Å². The highest BCUT2D eigenvalue weighted by Crippen LogP contribution is 2.37. The summed E-state index contributed by atoms with van der Waals surface area (Å²) in [5, 5.41) is 12.9. The third kappa shape index (κ3) is 3.82. The normalized spacial score (nSPS) is 11.1. The van der Waals surface area contributed by atoms with Gasteiger partial charge in [0.15, 0.2) is 17.5 Å². The van der Waals surface area contributed by atoms with Crippen LogP contribution >= 0.6 is 0 Å². The number of aliphatic imine (C=N–C) groups is 1. The molecule has 0 aliphatic heterocycles. The lowest BCUT2D eigenvalue weighted by atomic mass is 10.2. The zero-order valence-corrected chi connectivity index (χ0v) is 12.5. The minimum Gasteiger partial charge on any atom is -0.502 e. The van der Waals surface area contributed by atoms with E-state index in [0.717, 1.165) is 11.3 Å². The number of rotatable bonds is 5. The Kier molecular flexibility index (Phi) is 5.08. The number of phenolic OH excluding ortho intramolecular Hbond substituents is 1. The molecule has 116 valence electrons. The predicted octanol–water partition coefficient (Wildman–Crippen LogP) is 2.34. The monoisotopic (exact) mass is 301 g/mol. The van der Waals surface area contributed by atoms with Crippen LogP contribution in [0.2, 0.25) is 0 Å². The maximum atomic E-state index is 9.86. The molecule has 22 heavy (non-hydrogen) atoms. The number of hydrogen-bond acceptors (Lipinski definition) is 4. The Labute approximate surface area is 129 Å². The molecular formula is C16H19N3O3. The van der Waals surface area contributed by atoms with Crippen molar-refractivity contribution < 1.29 is 14.6 Å². The van der Waals surface area contributed by atoms with Gasteiger partial charge in [-0.1, -0.05) is 18.2 Å². The predicted molar refractivity (Wildman–Crippen MR) is 86.6 cm³/mol. The smallest absolute Gasteiger partial charge is 0.200 e. The molecule has 0 aliphatic carbocycles. The Hall–Kier alpha value is -2.89. The standard InChI is InChI=1S/C16H19N3O3/c1-21-13-8-11(9-14(22-2)15(13)20)10-18-16(17)19-12-6-4-3-5-7-12/h3-9,20H,10H2,1-2H3,(H3,17,18,19). The second-order valence-corrected chi connectivity index (χ2v) is 4.54. The number of phenols is 1. The molecule has 0 aliphatic rings. The van der Waals surface area contributed by atoms with E-state index in [1.807, 2.05) is 30.3 Å². The van der Waals surface area contributed by atoms with E-state index >= 15 is 0 Å². The first-order valence-corrected chi connectivity index (χ1v) is 6.70. The zero-order chi connectivity index (χ0) is 15.9. The molecule has 0 amide bonds. The van der Waals surface area contributed by atoms with E-state index in [9.17, 15) is 5.11 Å². The fourth-order valence-corrected chi connectivity index (χ4v) is 1.92. The number of nitrogens with two attached hydrogens (primary N) is 1. The molecule has 0 spiro atoms. The summed E-state index contributed by atoms with van der Waals surface area (Å²) < 4.78 is 10.2. The van der Waals surface area contributed by atoms with Crippen LogP contribution in [0.1, 0.15) is 5.56 Å². The van der Waals surface area contributed by atoms with Crippen molar-refractivity contribution in [2.24, 2.45) is 10.7 Å². The van der Waals surface area contributed by atoms with Crippen molar-refractivity contribution >= 4 is 11.6 Å². The molecule has 0 aromatic heterocycles. The van der Waals surface area contributed by atoms with Crippen LogP contribution in [-0.2, 0) is 6.54 Å². The van der Waals surface area contributed by atoms with E-state index in [1.54, 1.807) is 12.1 Å². The van der Waals surface area contributed by atoms with Gasteiger partial charge in [0.25, 0.3) is 0 Å². The van der Waals surface area contributed by atoms with Crippen molar-refractivity contribution in [3.8, 4) is 17.2 Å². The van der Waals surface area contributed by atoms with Crippen LogP contribution in [0.3, 0.4) is 0 Å². The van der Waals surface area contributed by atoms with Crippen LogP contribution in [0.4, 0.5) is 5.69 Å².